The molecular formula is C28H46O. The summed E-state index contributed by atoms with van der Waals surface area (Å²) in [4.78, 5) is 0. The molecule has 0 aromatic heterocycles. The molecule has 0 spiro atoms. The highest BCUT2D eigenvalue weighted by atomic mass is 16.3. The lowest BCUT2D eigenvalue weighted by Crippen LogP contribution is -2.50. The van der Waals surface area contributed by atoms with Gasteiger partial charge in [0.25, 0.3) is 0 Å². The molecule has 0 amide bonds. The molecule has 164 valence electrons. The summed E-state index contributed by atoms with van der Waals surface area (Å²) >= 11 is 0. The van der Waals surface area contributed by atoms with E-state index in [9.17, 15) is 5.11 Å². The van der Waals surface area contributed by atoms with Crippen molar-refractivity contribution in [3.8, 4) is 0 Å². The standard InChI is InChI=1S/C28H46O/c1-18(2)19(3)7-8-20(4)24-11-12-25-23-10-9-21-17-22(29)13-15-27(21,5)26(23)14-16-28(24,25)6/h7-9,18-20,22-26,29H,10-17H2,1-6H3/t19-,20+,22+,23-,24+,25-,26-,27-,28+/m0/s1. The second-order valence-electron chi connectivity index (χ2n) is 12.2. The fraction of sp³-hybridized carbons (Fsp3) is 0.857. The third-order valence-corrected chi connectivity index (χ3v) is 10.6. The molecule has 1 heteroatoms. The lowest BCUT2D eigenvalue weighted by molar-refractivity contribution is -0.0540. The summed E-state index contributed by atoms with van der Waals surface area (Å²) in [6.07, 6.45) is 17.7. The van der Waals surface area contributed by atoms with Gasteiger partial charge in [-0.3, -0.25) is 0 Å². The van der Waals surface area contributed by atoms with Crippen molar-refractivity contribution in [3.63, 3.8) is 0 Å². The first kappa shape index (κ1) is 21.7. The lowest BCUT2D eigenvalue weighted by Gasteiger charge is -2.58. The zero-order valence-corrected chi connectivity index (χ0v) is 20.0. The highest BCUT2D eigenvalue weighted by molar-refractivity contribution is 5.25. The van der Waals surface area contributed by atoms with Gasteiger partial charge in [-0.05, 0) is 104 Å². The molecule has 0 radical (unpaired) electrons. The highest BCUT2D eigenvalue weighted by Crippen LogP contribution is 2.67. The molecule has 1 N–H and O–H groups in total. The van der Waals surface area contributed by atoms with E-state index in [1.54, 1.807) is 5.57 Å². The maximum absolute atomic E-state index is 10.2. The molecule has 0 unspecified atom stereocenters. The van der Waals surface area contributed by atoms with E-state index in [-0.39, 0.29) is 6.10 Å². The van der Waals surface area contributed by atoms with Crippen LogP contribution in [0.3, 0.4) is 0 Å². The Morgan fingerprint density at radius 1 is 0.966 bits per heavy atom. The van der Waals surface area contributed by atoms with Gasteiger partial charge in [0.15, 0.2) is 0 Å². The minimum absolute atomic E-state index is 0.0866. The Balaban J connectivity index is 1.53. The van der Waals surface area contributed by atoms with Gasteiger partial charge in [-0.1, -0.05) is 65.3 Å². The minimum atomic E-state index is -0.0866. The summed E-state index contributed by atoms with van der Waals surface area (Å²) in [6, 6.07) is 0. The SMILES string of the molecule is CC(C)[C@@H](C)C=C[C@@H](C)[C@H]1CC[C@H]2[C@@H]3CC=C4C[C@H](O)CC[C@]4(C)[C@H]3CC[C@]12C. The van der Waals surface area contributed by atoms with Gasteiger partial charge < -0.3 is 5.11 Å². The highest BCUT2D eigenvalue weighted by Gasteiger charge is 2.58. The zero-order valence-electron chi connectivity index (χ0n) is 20.0. The van der Waals surface area contributed by atoms with Crippen molar-refractivity contribution in [1.29, 1.82) is 0 Å². The molecule has 0 heterocycles. The summed E-state index contributed by atoms with van der Waals surface area (Å²) < 4.78 is 0. The first-order chi connectivity index (χ1) is 13.7. The molecule has 1 nitrogen and oxygen atoms in total. The van der Waals surface area contributed by atoms with Crippen LogP contribution in [-0.4, -0.2) is 11.2 Å². The second-order valence-corrected chi connectivity index (χ2v) is 12.2. The van der Waals surface area contributed by atoms with Crippen LogP contribution in [0.25, 0.3) is 0 Å². The molecular weight excluding hydrogens is 352 g/mol. The van der Waals surface area contributed by atoms with E-state index < -0.39 is 0 Å². The van der Waals surface area contributed by atoms with Crippen LogP contribution in [0, 0.1) is 52.3 Å². The van der Waals surface area contributed by atoms with E-state index in [1.165, 1.54) is 38.5 Å². The molecule has 0 bridgehead atoms. The first-order valence-corrected chi connectivity index (χ1v) is 12.7. The van der Waals surface area contributed by atoms with Gasteiger partial charge in [-0.15, -0.1) is 0 Å². The summed E-state index contributed by atoms with van der Waals surface area (Å²) in [6.45, 7) is 14.7. The fourth-order valence-corrected chi connectivity index (χ4v) is 8.25. The molecule has 0 aromatic carbocycles. The number of allylic oxidation sites excluding steroid dienone is 3. The van der Waals surface area contributed by atoms with Crippen LogP contribution in [-0.2, 0) is 0 Å². The first-order valence-electron chi connectivity index (χ1n) is 12.7. The Hall–Kier alpha value is -0.560. The third-order valence-electron chi connectivity index (χ3n) is 10.6. The molecule has 0 saturated heterocycles. The van der Waals surface area contributed by atoms with Crippen LogP contribution in [0.2, 0.25) is 0 Å². The predicted octanol–water partition coefficient (Wildman–Crippen LogP) is 7.41. The van der Waals surface area contributed by atoms with Crippen molar-refractivity contribution in [2.75, 3.05) is 0 Å². The summed E-state index contributed by atoms with van der Waals surface area (Å²) in [7, 11) is 0. The number of hydrogen-bond donors (Lipinski definition) is 1. The molecule has 0 aromatic rings. The van der Waals surface area contributed by atoms with E-state index >= 15 is 0 Å². The third kappa shape index (κ3) is 3.58. The average Bonchev–Trinajstić information content (AvgIpc) is 3.03. The molecule has 29 heavy (non-hydrogen) atoms. The smallest absolute Gasteiger partial charge is 0.0577 e. The van der Waals surface area contributed by atoms with Gasteiger partial charge >= 0.3 is 0 Å². The van der Waals surface area contributed by atoms with E-state index in [0.29, 0.717) is 22.7 Å². The Labute approximate surface area is 180 Å². The molecule has 3 fully saturated rings. The molecule has 9 atom stereocenters. The van der Waals surface area contributed by atoms with Gasteiger partial charge in [-0.2, -0.15) is 0 Å². The van der Waals surface area contributed by atoms with Crippen LogP contribution in [0.1, 0.15) is 92.9 Å². The maximum atomic E-state index is 10.2. The monoisotopic (exact) mass is 398 g/mol. The molecule has 0 aliphatic heterocycles. The second kappa shape index (κ2) is 7.85. The number of hydrogen-bond acceptors (Lipinski definition) is 1. The van der Waals surface area contributed by atoms with Crippen molar-refractivity contribution in [3.05, 3.63) is 23.8 Å². The molecule has 4 aliphatic carbocycles. The van der Waals surface area contributed by atoms with Crippen LogP contribution < -0.4 is 0 Å². The Bertz CT molecular complexity index is 659. The minimum Gasteiger partial charge on any atom is -0.393 e. The van der Waals surface area contributed by atoms with Crippen LogP contribution >= 0.6 is 0 Å². The summed E-state index contributed by atoms with van der Waals surface area (Å²) in [5, 5.41) is 10.2. The number of rotatable bonds is 4. The predicted molar refractivity (Wildman–Crippen MR) is 124 cm³/mol. The van der Waals surface area contributed by atoms with Crippen molar-refractivity contribution >= 4 is 0 Å². The maximum Gasteiger partial charge on any atom is 0.0577 e. The Morgan fingerprint density at radius 2 is 1.72 bits per heavy atom. The van der Waals surface area contributed by atoms with E-state index in [1.807, 2.05) is 0 Å². The zero-order chi connectivity index (χ0) is 21.0. The van der Waals surface area contributed by atoms with Crippen molar-refractivity contribution in [1.82, 2.24) is 0 Å². The number of aliphatic hydroxyl groups is 1. The number of fused-ring (bicyclic) bond motifs is 5. The van der Waals surface area contributed by atoms with Gasteiger partial charge in [0, 0.05) is 0 Å². The van der Waals surface area contributed by atoms with Crippen molar-refractivity contribution in [2.45, 2.75) is 99.0 Å². The Kier molecular flexibility index (Phi) is 5.86. The fourth-order valence-electron chi connectivity index (χ4n) is 8.25. The van der Waals surface area contributed by atoms with Gasteiger partial charge in [0.05, 0.1) is 6.10 Å². The van der Waals surface area contributed by atoms with E-state index in [4.69, 9.17) is 0 Å². The number of aliphatic hydroxyl groups excluding tert-OH is 1. The van der Waals surface area contributed by atoms with Crippen molar-refractivity contribution in [2.24, 2.45) is 52.3 Å². The molecule has 3 saturated carbocycles. The topological polar surface area (TPSA) is 20.2 Å². The Morgan fingerprint density at radius 3 is 2.45 bits per heavy atom. The molecule has 4 aliphatic rings. The van der Waals surface area contributed by atoms with Gasteiger partial charge in [0.1, 0.15) is 0 Å². The van der Waals surface area contributed by atoms with Gasteiger partial charge in [0.2, 0.25) is 0 Å². The summed E-state index contributed by atoms with van der Waals surface area (Å²) in [5.41, 5.74) is 2.51. The van der Waals surface area contributed by atoms with E-state index in [2.05, 4.69) is 59.8 Å². The quantitative estimate of drug-likeness (QED) is 0.489. The largest absolute Gasteiger partial charge is 0.393 e. The normalized spacial score (nSPS) is 46.8. The van der Waals surface area contributed by atoms with E-state index in [0.717, 1.165) is 42.4 Å². The van der Waals surface area contributed by atoms with Crippen LogP contribution in [0.4, 0.5) is 0 Å². The van der Waals surface area contributed by atoms with Crippen LogP contribution in [0.15, 0.2) is 23.8 Å². The molecule has 4 rings (SSSR count). The van der Waals surface area contributed by atoms with Crippen LogP contribution in [0.5, 0.6) is 0 Å². The summed E-state index contributed by atoms with van der Waals surface area (Å²) in [5.74, 6) is 5.63. The average molecular weight is 399 g/mol. The van der Waals surface area contributed by atoms with Gasteiger partial charge in [-0.25, -0.2) is 0 Å². The van der Waals surface area contributed by atoms with Crippen molar-refractivity contribution < 1.29 is 5.11 Å². The lowest BCUT2D eigenvalue weighted by atomic mass is 9.47.